The molecule has 0 bridgehead atoms. The molecule has 0 saturated carbocycles. The molecule has 0 saturated heterocycles. The standard InChI is InChI=1S/C15H10OS/c16-15(14-6-3-9-17-14)13-8-7-11-4-1-2-5-12(11)10-13/h1-10H/i15-1. The Bertz CT molecular complexity index is 668. The molecule has 0 N–H and O–H groups in total. The van der Waals surface area contributed by atoms with E-state index >= 15 is 0 Å². The van der Waals surface area contributed by atoms with Crippen molar-refractivity contribution in [2.75, 3.05) is 0 Å². The van der Waals surface area contributed by atoms with E-state index in [-0.39, 0.29) is 5.78 Å². The highest BCUT2D eigenvalue weighted by Gasteiger charge is 2.09. The van der Waals surface area contributed by atoms with Crippen LogP contribution >= 0.6 is 11.3 Å². The number of ketones is 1. The second-order valence-corrected chi connectivity index (χ2v) is 4.82. The minimum Gasteiger partial charge on any atom is -0.288 e. The molecule has 2 aromatic carbocycles. The molecule has 1 heterocycles. The Labute approximate surface area is 103 Å². The predicted octanol–water partition coefficient (Wildman–Crippen LogP) is 4.13. The minimum atomic E-state index is 0.103. The summed E-state index contributed by atoms with van der Waals surface area (Å²) in [6.07, 6.45) is 0. The lowest BCUT2D eigenvalue weighted by atomic mass is 9.75. The van der Waals surface area contributed by atoms with E-state index in [2.05, 4.69) is 6.07 Å². The van der Waals surface area contributed by atoms with E-state index in [9.17, 15) is 4.79 Å². The van der Waals surface area contributed by atoms with Crippen molar-refractivity contribution in [2.24, 2.45) is 0 Å². The summed E-state index contributed by atoms with van der Waals surface area (Å²) in [5.41, 5.74) is 0.756. The normalized spacial score (nSPS) is 10.6. The smallest absolute Gasteiger partial charge is 0.202 e. The number of hydrogen-bond donors (Lipinski definition) is 0. The SMILES string of the molecule is O=[11C](c1ccc2ccccc2c1)c1cccs1. The molecule has 0 aliphatic rings. The van der Waals surface area contributed by atoms with Crippen LogP contribution in [0.15, 0.2) is 60.0 Å². The first kappa shape index (κ1) is 10.2. The maximum absolute atomic E-state index is 12.2. The Morgan fingerprint density at radius 3 is 2.47 bits per heavy atom. The lowest BCUT2D eigenvalue weighted by Crippen LogP contribution is -1.97. The molecule has 0 aliphatic carbocycles. The number of fused-ring (bicyclic) bond motifs is 1. The van der Waals surface area contributed by atoms with Crippen LogP contribution in [0.1, 0.15) is 15.2 Å². The summed E-state index contributed by atoms with van der Waals surface area (Å²) in [4.78, 5) is 13.0. The number of carbonyl (C=O) groups excluding carboxylic acids is 1. The van der Waals surface area contributed by atoms with Crippen LogP contribution in [-0.2, 0) is 0 Å². The van der Waals surface area contributed by atoms with E-state index in [1.165, 1.54) is 11.3 Å². The zero-order chi connectivity index (χ0) is 11.7. The van der Waals surface area contributed by atoms with Gasteiger partial charge in [-0.05, 0) is 28.3 Å². The van der Waals surface area contributed by atoms with Crippen LogP contribution in [0, 0.1) is 0 Å². The first-order chi connectivity index (χ1) is 8.34. The summed E-state index contributed by atoms with van der Waals surface area (Å²) >= 11 is 1.48. The van der Waals surface area contributed by atoms with Gasteiger partial charge in [0.05, 0.1) is 4.88 Å². The Morgan fingerprint density at radius 2 is 1.71 bits per heavy atom. The Kier molecular flexibility index (Phi) is 2.50. The van der Waals surface area contributed by atoms with E-state index in [0.717, 1.165) is 21.2 Å². The molecule has 1 nitrogen and oxygen atoms in total. The third kappa shape index (κ3) is 1.87. The van der Waals surface area contributed by atoms with Gasteiger partial charge in [-0.1, -0.05) is 42.5 Å². The second-order valence-electron chi connectivity index (χ2n) is 3.87. The number of thiophene rings is 1. The second kappa shape index (κ2) is 4.15. The average Bonchev–Trinajstić information content (AvgIpc) is 2.91. The van der Waals surface area contributed by atoms with Gasteiger partial charge in [-0.25, -0.2) is 0 Å². The van der Waals surface area contributed by atoms with Gasteiger partial charge < -0.3 is 0 Å². The molecule has 0 unspecified atom stereocenters. The molecule has 2 heteroatoms. The van der Waals surface area contributed by atoms with E-state index in [1.807, 2.05) is 53.9 Å². The van der Waals surface area contributed by atoms with Crippen molar-refractivity contribution in [2.45, 2.75) is 0 Å². The van der Waals surface area contributed by atoms with Crippen molar-refractivity contribution in [1.82, 2.24) is 0 Å². The first-order valence-electron chi connectivity index (χ1n) is 5.41. The molecule has 0 amide bonds. The quantitative estimate of drug-likeness (QED) is 0.612. The molecule has 1 aromatic heterocycles. The third-order valence-electron chi connectivity index (χ3n) is 2.76. The van der Waals surface area contributed by atoms with Crippen LogP contribution in [0.25, 0.3) is 10.8 Å². The van der Waals surface area contributed by atoms with Crippen LogP contribution in [-0.4, -0.2) is 5.78 Å². The summed E-state index contributed by atoms with van der Waals surface area (Å²) in [5.74, 6) is 0.103. The third-order valence-corrected chi connectivity index (χ3v) is 3.63. The molecular weight excluding hydrogens is 227 g/mol. The molecule has 0 aliphatic heterocycles. The largest absolute Gasteiger partial charge is 0.288 e. The number of rotatable bonds is 2. The lowest BCUT2D eigenvalue weighted by Gasteiger charge is -2.01. The highest BCUT2D eigenvalue weighted by atomic mass is 32.1. The van der Waals surface area contributed by atoms with E-state index in [0.29, 0.717) is 0 Å². The topological polar surface area (TPSA) is 17.1 Å². The van der Waals surface area contributed by atoms with Crippen molar-refractivity contribution < 1.29 is 4.79 Å². The monoisotopic (exact) mass is 237 g/mol. The molecule has 3 rings (SSSR count). The number of carbonyl (C=O) groups is 1. The number of benzene rings is 2. The Balaban J connectivity index is 2.09. The molecule has 17 heavy (non-hydrogen) atoms. The van der Waals surface area contributed by atoms with Crippen molar-refractivity contribution in [3.63, 3.8) is 0 Å². The van der Waals surface area contributed by atoms with Gasteiger partial charge in [-0.15, -0.1) is 11.3 Å². The average molecular weight is 237 g/mol. The highest BCUT2D eigenvalue weighted by Crippen LogP contribution is 2.20. The molecule has 82 valence electrons. The fourth-order valence-corrected chi connectivity index (χ4v) is 2.57. The van der Waals surface area contributed by atoms with Gasteiger partial charge >= 0.3 is 0 Å². The van der Waals surface area contributed by atoms with Crippen molar-refractivity contribution in [3.05, 3.63) is 70.4 Å². The van der Waals surface area contributed by atoms with Crippen LogP contribution in [0.3, 0.4) is 0 Å². The zero-order valence-electron chi connectivity index (χ0n) is 9.09. The van der Waals surface area contributed by atoms with E-state index < -0.39 is 0 Å². The van der Waals surface area contributed by atoms with Gasteiger partial charge in [-0.2, -0.15) is 0 Å². The van der Waals surface area contributed by atoms with Gasteiger partial charge in [0.15, 0.2) is 0 Å². The summed E-state index contributed by atoms with van der Waals surface area (Å²) in [6.45, 7) is 0. The Hall–Kier alpha value is -1.93. The lowest BCUT2D eigenvalue weighted by molar-refractivity contribution is 0.104. The summed E-state index contributed by atoms with van der Waals surface area (Å²) in [6, 6.07) is 17.7. The molecule has 0 radical (unpaired) electrons. The van der Waals surface area contributed by atoms with Gasteiger partial charge in [0, 0.05) is 5.56 Å². The summed E-state index contributed by atoms with van der Waals surface area (Å²) in [5, 5.41) is 4.19. The van der Waals surface area contributed by atoms with Crippen molar-refractivity contribution in [1.29, 1.82) is 0 Å². The van der Waals surface area contributed by atoms with Crippen LogP contribution in [0.5, 0.6) is 0 Å². The number of hydrogen-bond acceptors (Lipinski definition) is 2. The van der Waals surface area contributed by atoms with Gasteiger partial charge in [0.25, 0.3) is 0 Å². The highest BCUT2D eigenvalue weighted by molar-refractivity contribution is 7.12. The van der Waals surface area contributed by atoms with E-state index in [4.69, 9.17) is 0 Å². The molecular formula is C15H10OS. The molecule has 0 atom stereocenters. The van der Waals surface area contributed by atoms with Crippen molar-refractivity contribution >= 4 is 27.9 Å². The first-order valence-corrected chi connectivity index (χ1v) is 6.29. The van der Waals surface area contributed by atoms with Crippen LogP contribution in [0.2, 0.25) is 0 Å². The fraction of sp³-hybridized carbons (Fsp3) is 0. The maximum Gasteiger partial charge on any atom is 0.202 e. The van der Waals surface area contributed by atoms with Gasteiger partial charge in [-0.3, -0.25) is 4.79 Å². The van der Waals surface area contributed by atoms with Crippen LogP contribution < -0.4 is 0 Å². The molecule has 3 aromatic rings. The predicted molar refractivity (Wildman–Crippen MR) is 71.7 cm³/mol. The van der Waals surface area contributed by atoms with E-state index in [1.54, 1.807) is 0 Å². The Morgan fingerprint density at radius 1 is 0.882 bits per heavy atom. The van der Waals surface area contributed by atoms with Gasteiger partial charge in [0.2, 0.25) is 5.78 Å². The summed E-state index contributed by atoms with van der Waals surface area (Å²) in [7, 11) is 0. The molecule has 0 fully saturated rings. The zero-order valence-corrected chi connectivity index (χ0v) is 9.91. The fourth-order valence-electron chi connectivity index (χ4n) is 1.88. The van der Waals surface area contributed by atoms with Crippen molar-refractivity contribution in [3.8, 4) is 0 Å². The van der Waals surface area contributed by atoms with Gasteiger partial charge in [0.1, 0.15) is 0 Å². The summed E-state index contributed by atoms with van der Waals surface area (Å²) < 4.78 is 0. The maximum atomic E-state index is 12.2. The minimum absolute atomic E-state index is 0.103. The van der Waals surface area contributed by atoms with Crippen LogP contribution in [0.4, 0.5) is 0 Å². The molecule has 0 spiro atoms.